The van der Waals surface area contributed by atoms with E-state index in [4.69, 9.17) is 10.2 Å². The fourth-order valence-electron chi connectivity index (χ4n) is 4.68. The molecule has 4 unspecified atom stereocenters. The van der Waals surface area contributed by atoms with Gasteiger partial charge in [0.1, 0.15) is 0 Å². The van der Waals surface area contributed by atoms with Crippen LogP contribution in [0, 0.1) is 23.7 Å². The largest absolute Gasteiger partial charge is 2.00 e. The minimum absolute atomic E-state index is 0. The van der Waals surface area contributed by atoms with Gasteiger partial charge in [0, 0.05) is 0 Å². The Morgan fingerprint density at radius 1 is 0.885 bits per heavy atom. The molecule has 2 saturated carbocycles. The standard InChI is InChI=1S/C12H18O4.C7H15N2.Pt/c13-11(14)9-5-7-3-1-2-4-8(7)6-10(9)12(15)16;1-8-7-3-5-9(2)6-4-7;/h7-10H,1-6H2,(H,13,14)(H,15,16);7H,3-6H2,1-2H3;/q;-1;+2. The minimum Gasteiger partial charge on any atom is -0.662 e. The molecule has 0 spiro atoms. The molecule has 0 aromatic carbocycles. The molecule has 3 aliphatic rings. The summed E-state index contributed by atoms with van der Waals surface area (Å²) in [5.41, 5.74) is 0. The quantitative estimate of drug-likeness (QED) is 0.566. The van der Waals surface area contributed by atoms with E-state index in [1.165, 1.54) is 38.8 Å². The van der Waals surface area contributed by atoms with E-state index in [-0.39, 0.29) is 21.1 Å². The first kappa shape index (κ1) is 23.6. The van der Waals surface area contributed by atoms with Gasteiger partial charge >= 0.3 is 33.0 Å². The fraction of sp³-hybridized carbons (Fsp3) is 0.895. The maximum Gasteiger partial charge on any atom is 2.00 e. The molecule has 2 aliphatic carbocycles. The van der Waals surface area contributed by atoms with Crippen molar-refractivity contribution in [1.29, 1.82) is 0 Å². The average Bonchev–Trinajstić information content (AvgIpc) is 2.61. The summed E-state index contributed by atoms with van der Waals surface area (Å²) in [5, 5.41) is 22.4. The zero-order valence-electron chi connectivity index (χ0n) is 15.9. The second-order valence-electron chi connectivity index (χ2n) is 7.96. The summed E-state index contributed by atoms with van der Waals surface area (Å²) in [6.07, 6.45) is 8.16. The van der Waals surface area contributed by atoms with Crippen molar-refractivity contribution in [2.75, 3.05) is 27.2 Å². The van der Waals surface area contributed by atoms with E-state index in [0.717, 1.165) is 12.8 Å². The molecule has 0 aromatic heterocycles. The Labute approximate surface area is 171 Å². The fourth-order valence-corrected chi connectivity index (χ4v) is 4.68. The molecule has 1 saturated heterocycles. The van der Waals surface area contributed by atoms with Crippen molar-refractivity contribution < 1.29 is 40.9 Å². The van der Waals surface area contributed by atoms with Crippen LogP contribution in [0.25, 0.3) is 5.32 Å². The molecule has 1 aliphatic heterocycles. The number of hydrogen-bond acceptors (Lipinski definition) is 3. The molecule has 0 radical (unpaired) electrons. The van der Waals surface area contributed by atoms with Gasteiger partial charge < -0.3 is 20.4 Å². The van der Waals surface area contributed by atoms with Gasteiger partial charge in [-0.2, -0.15) is 7.05 Å². The van der Waals surface area contributed by atoms with Crippen molar-refractivity contribution in [3.8, 4) is 0 Å². The average molecular weight is 549 g/mol. The number of carboxylic acids is 2. The van der Waals surface area contributed by atoms with Crippen molar-refractivity contribution in [3.05, 3.63) is 5.32 Å². The first-order chi connectivity index (χ1) is 11.9. The summed E-state index contributed by atoms with van der Waals surface area (Å²) in [4.78, 5) is 24.5. The second kappa shape index (κ2) is 11.4. The summed E-state index contributed by atoms with van der Waals surface area (Å²) in [6.45, 7) is 2.45. The van der Waals surface area contributed by atoms with Crippen LogP contribution in [0.3, 0.4) is 0 Å². The van der Waals surface area contributed by atoms with Crippen LogP contribution in [0.4, 0.5) is 0 Å². The first-order valence-electron chi connectivity index (χ1n) is 9.65. The van der Waals surface area contributed by atoms with Crippen molar-refractivity contribution in [1.82, 2.24) is 4.90 Å². The molecule has 0 amide bonds. The number of rotatable bonds is 3. The van der Waals surface area contributed by atoms with Crippen LogP contribution < -0.4 is 0 Å². The maximum atomic E-state index is 11.1. The molecular weight excluding hydrogens is 515 g/mol. The molecule has 0 aromatic rings. The Hall–Kier alpha value is -0.452. The zero-order chi connectivity index (χ0) is 18.4. The van der Waals surface area contributed by atoms with E-state index in [1.54, 1.807) is 0 Å². The summed E-state index contributed by atoms with van der Waals surface area (Å²) >= 11 is 0. The number of carboxylic acid groups (broad SMARTS) is 2. The van der Waals surface area contributed by atoms with E-state index in [0.29, 0.717) is 30.7 Å². The Morgan fingerprint density at radius 3 is 1.65 bits per heavy atom. The van der Waals surface area contributed by atoms with Gasteiger partial charge in [-0.15, -0.1) is 6.04 Å². The number of piperidine rings is 1. The van der Waals surface area contributed by atoms with Crippen LogP contribution >= 0.6 is 0 Å². The number of fused-ring (bicyclic) bond motifs is 1. The third-order valence-electron chi connectivity index (χ3n) is 6.35. The monoisotopic (exact) mass is 548 g/mol. The SMILES string of the molecule is C[N-]C1CCN(C)CC1.O=C(O)C1CC2CCCCC2CC1C(=O)O.[Pt+2]. The van der Waals surface area contributed by atoms with Crippen molar-refractivity contribution in [2.24, 2.45) is 23.7 Å². The molecule has 26 heavy (non-hydrogen) atoms. The van der Waals surface area contributed by atoms with Gasteiger partial charge in [0.25, 0.3) is 0 Å². The van der Waals surface area contributed by atoms with E-state index in [9.17, 15) is 9.59 Å². The molecule has 152 valence electrons. The molecule has 3 fully saturated rings. The van der Waals surface area contributed by atoms with E-state index in [1.807, 2.05) is 7.05 Å². The predicted molar refractivity (Wildman–Crippen MR) is 96.7 cm³/mol. The number of hydrogen-bond donors (Lipinski definition) is 2. The summed E-state index contributed by atoms with van der Waals surface area (Å²) < 4.78 is 0. The molecule has 3 rings (SSSR count). The van der Waals surface area contributed by atoms with Crippen molar-refractivity contribution in [2.45, 2.75) is 57.4 Å². The van der Waals surface area contributed by atoms with Gasteiger partial charge in [-0.3, -0.25) is 9.59 Å². The van der Waals surface area contributed by atoms with Gasteiger partial charge in [-0.1, -0.05) is 38.5 Å². The van der Waals surface area contributed by atoms with Crippen molar-refractivity contribution >= 4 is 11.9 Å². The van der Waals surface area contributed by atoms with E-state index < -0.39 is 23.8 Å². The number of likely N-dealkylation sites (tertiary alicyclic amines) is 1. The van der Waals surface area contributed by atoms with Crippen LogP contribution in [0.1, 0.15) is 51.4 Å². The summed E-state index contributed by atoms with van der Waals surface area (Å²) in [5.74, 6) is -2.31. The van der Waals surface area contributed by atoms with Gasteiger partial charge in [-0.05, 0) is 44.8 Å². The zero-order valence-corrected chi connectivity index (χ0v) is 18.2. The molecule has 7 heteroatoms. The topological polar surface area (TPSA) is 91.9 Å². The smallest absolute Gasteiger partial charge is 0.662 e. The Balaban J connectivity index is 0.000000290. The van der Waals surface area contributed by atoms with Gasteiger partial charge in [0.05, 0.1) is 11.8 Å². The third-order valence-corrected chi connectivity index (χ3v) is 6.35. The summed E-state index contributed by atoms with van der Waals surface area (Å²) in [6, 6.07) is 0.654. The molecular formula is C19H33N2O4Pt+. The normalized spacial score (nSPS) is 32.4. The first-order valence-corrected chi connectivity index (χ1v) is 9.65. The van der Waals surface area contributed by atoms with Crippen molar-refractivity contribution in [3.63, 3.8) is 0 Å². The van der Waals surface area contributed by atoms with Crippen LogP contribution in [-0.4, -0.2) is 60.3 Å². The Bertz CT molecular complexity index is 425. The van der Waals surface area contributed by atoms with E-state index >= 15 is 0 Å². The number of nitrogens with zero attached hydrogens (tertiary/aromatic N) is 2. The number of aliphatic carboxylic acids is 2. The molecule has 4 atom stereocenters. The molecule has 6 nitrogen and oxygen atoms in total. The van der Waals surface area contributed by atoms with E-state index in [2.05, 4.69) is 17.3 Å². The molecule has 2 N–H and O–H groups in total. The second-order valence-corrected chi connectivity index (χ2v) is 7.96. The Kier molecular flexibility index (Phi) is 10.3. The third kappa shape index (κ3) is 6.61. The maximum absolute atomic E-state index is 11.1. The van der Waals surface area contributed by atoms with Gasteiger partial charge in [0.2, 0.25) is 0 Å². The Morgan fingerprint density at radius 2 is 1.31 bits per heavy atom. The molecule has 0 bridgehead atoms. The summed E-state index contributed by atoms with van der Waals surface area (Å²) in [7, 11) is 4.10. The van der Waals surface area contributed by atoms with Crippen LogP contribution in [-0.2, 0) is 30.7 Å². The van der Waals surface area contributed by atoms with Gasteiger partial charge in [-0.25, -0.2) is 0 Å². The number of carbonyl (C=O) groups is 2. The molecule has 1 heterocycles. The van der Waals surface area contributed by atoms with Crippen LogP contribution in [0.5, 0.6) is 0 Å². The van der Waals surface area contributed by atoms with Crippen LogP contribution in [0.15, 0.2) is 0 Å². The minimum atomic E-state index is -0.934. The van der Waals surface area contributed by atoms with Gasteiger partial charge in [0.15, 0.2) is 0 Å². The predicted octanol–water partition coefficient (Wildman–Crippen LogP) is 3.07. The van der Waals surface area contributed by atoms with Crippen LogP contribution in [0.2, 0.25) is 0 Å².